The molecule has 0 aromatic heterocycles. The molecule has 0 aliphatic carbocycles. The van der Waals surface area contributed by atoms with E-state index in [9.17, 15) is 28.8 Å². The van der Waals surface area contributed by atoms with Crippen molar-refractivity contribution in [1.82, 2.24) is 16.0 Å². The number of nitrogens with two attached hydrogens (primary N) is 2. The number of rotatable bonds is 12. The van der Waals surface area contributed by atoms with Gasteiger partial charge in [-0.1, -0.05) is 13.8 Å². The van der Waals surface area contributed by atoms with Crippen LogP contribution in [-0.4, -0.2) is 69.9 Å². The molecule has 164 valence electrons. The number of carbonyl (C=O) groups excluding carboxylic acids is 4. The monoisotopic (exact) mass is 417 g/mol. The molecule has 0 aromatic rings. The zero-order chi connectivity index (χ0) is 22.9. The Morgan fingerprint density at radius 3 is 1.69 bits per heavy atom. The summed E-state index contributed by atoms with van der Waals surface area (Å²) < 4.78 is 0. The van der Waals surface area contributed by atoms with Gasteiger partial charge in [0.05, 0.1) is 18.9 Å². The van der Waals surface area contributed by atoms with Gasteiger partial charge in [0.2, 0.25) is 23.6 Å². The lowest BCUT2D eigenvalue weighted by molar-refractivity contribution is -0.147. The quantitative estimate of drug-likeness (QED) is 0.170. The number of aliphatic carboxylic acids is 2. The van der Waals surface area contributed by atoms with Crippen LogP contribution in [0, 0.1) is 5.92 Å². The zero-order valence-electron chi connectivity index (χ0n) is 16.3. The first-order valence-corrected chi connectivity index (χ1v) is 8.65. The van der Waals surface area contributed by atoms with Crippen molar-refractivity contribution >= 4 is 35.6 Å². The first-order valence-electron chi connectivity index (χ1n) is 8.65. The fourth-order valence-electron chi connectivity index (χ4n) is 2.14. The van der Waals surface area contributed by atoms with Crippen molar-refractivity contribution < 1.29 is 39.0 Å². The van der Waals surface area contributed by atoms with Gasteiger partial charge in [-0.15, -0.1) is 0 Å². The SMILES string of the molecule is CC(N)C(=O)NC(CC(N)=O)C(=O)NC(C(=O)NC(CC(=O)O)C(=O)O)C(C)C. The number of hydrogen-bond donors (Lipinski definition) is 7. The van der Waals surface area contributed by atoms with Gasteiger partial charge in [-0.2, -0.15) is 0 Å². The average molecular weight is 417 g/mol. The first-order chi connectivity index (χ1) is 13.3. The van der Waals surface area contributed by atoms with Gasteiger partial charge in [0.15, 0.2) is 0 Å². The minimum absolute atomic E-state index is 0.545. The fourth-order valence-corrected chi connectivity index (χ4v) is 2.14. The number of hydrogen-bond acceptors (Lipinski definition) is 7. The minimum atomic E-state index is -1.71. The zero-order valence-corrected chi connectivity index (χ0v) is 16.3. The largest absolute Gasteiger partial charge is 0.481 e. The summed E-state index contributed by atoms with van der Waals surface area (Å²) in [7, 11) is 0. The van der Waals surface area contributed by atoms with Crippen LogP contribution in [0.3, 0.4) is 0 Å². The Labute approximate surface area is 166 Å². The molecule has 4 amide bonds. The number of carbonyl (C=O) groups is 6. The second kappa shape index (κ2) is 11.6. The summed E-state index contributed by atoms with van der Waals surface area (Å²) in [5.41, 5.74) is 10.5. The van der Waals surface area contributed by atoms with E-state index in [2.05, 4.69) is 10.6 Å². The van der Waals surface area contributed by atoms with Gasteiger partial charge >= 0.3 is 11.9 Å². The average Bonchev–Trinajstić information content (AvgIpc) is 2.56. The van der Waals surface area contributed by atoms with Crippen LogP contribution in [-0.2, 0) is 28.8 Å². The Morgan fingerprint density at radius 1 is 0.793 bits per heavy atom. The Kier molecular flexibility index (Phi) is 10.3. The van der Waals surface area contributed by atoms with E-state index in [1.165, 1.54) is 6.92 Å². The van der Waals surface area contributed by atoms with E-state index in [4.69, 9.17) is 21.7 Å². The molecule has 4 unspecified atom stereocenters. The van der Waals surface area contributed by atoms with Crippen LogP contribution in [0.5, 0.6) is 0 Å². The molecule has 0 aliphatic heterocycles. The van der Waals surface area contributed by atoms with Crippen molar-refractivity contribution in [3.8, 4) is 0 Å². The molecular formula is C16H27N5O8. The van der Waals surface area contributed by atoms with E-state index < -0.39 is 78.5 Å². The third kappa shape index (κ3) is 9.51. The highest BCUT2D eigenvalue weighted by atomic mass is 16.4. The van der Waals surface area contributed by atoms with E-state index in [0.717, 1.165) is 0 Å². The summed E-state index contributed by atoms with van der Waals surface area (Å²) in [5.74, 6) is -7.04. The van der Waals surface area contributed by atoms with Crippen LogP contribution in [0.15, 0.2) is 0 Å². The molecule has 0 rings (SSSR count). The van der Waals surface area contributed by atoms with Gasteiger partial charge in [0.1, 0.15) is 18.1 Å². The maximum atomic E-state index is 12.5. The number of carboxylic acid groups (broad SMARTS) is 2. The first kappa shape index (κ1) is 25.8. The maximum Gasteiger partial charge on any atom is 0.326 e. The second-order valence-electron chi connectivity index (χ2n) is 6.75. The van der Waals surface area contributed by atoms with Crippen molar-refractivity contribution in [3.05, 3.63) is 0 Å². The smallest absolute Gasteiger partial charge is 0.326 e. The molecule has 0 radical (unpaired) electrons. The van der Waals surface area contributed by atoms with Crippen molar-refractivity contribution in [2.24, 2.45) is 17.4 Å². The van der Waals surface area contributed by atoms with Crippen molar-refractivity contribution in [3.63, 3.8) is 0 Å². The minimum Gasteiger partial charge on any atom is -0.481 e. The van der Waals surface area contributed by atoms with Crippen LogP contribution in [0.25, 0.3) is 0 Å². The summed E-state index contributed by atoms with van der Waals surface area (Å²) in [4.78, 5) is 69.7. The molecule has 0 spiro atoms. The molecule has 29 heavy (non-hydrogen) atoms. The van der Waals surface area contributed by atoms with Crippen LogP contribution in [0.1, 0.15) is 33.6 Å². The Hall–Kier alpha value is -3.22. The van der Waals surface area contributed by atoms with E-state index in [-0.39, 0.29) is 0 Å². The molecule has 4 atom stereocenters. The predicted molar refractivity (Wildman–Crippen MR) is 98.0 cm³/mol. The van der Waals surface area contributed by atoms with Gasteiger partial charge < -0.3 is 37.6 Å². The molecule has 13 heteroatoms. The van der Waals surface area contributed by atoms with Crippen molar-refractivity contribution in [2.45, 2.75) is 57.8 Å². The van der Waals surface area contributed by atoms with E-state index in [0.29, 0.717) is 0 Å². The number of amides is 4. The molecule has 13 nitrogen and oxygen atoms in total. The number of carboxylic acids is 2. The van der Waals surface area contributed by atoms with Gasteiger partial charge in [-0.25, -0.2) is 4.79 Å². The molecule has 0 bridgehead atoms. The Bertz CT molecular complexity index is 664. The molecule has 0 heterocycles. The van der Waals surface area contributed by atoms with Crippen LogP contribution in [0.2, 0.25) is 0 Å². The number of primary amides is 1. The fraction of sp³-hybridized carbons (Fsp3) is 0.625. The Balaban J connectivity index is 5.39. The van der Waals surface area contributed by atoms with Crippen molar-refractivity contribution in [1.29, 1.82) is 0 Å². The van der Waals surface area contributed by atoms with Gasteiger partial charge in [-0.05, 0) is 12.8 Å². The van der Waals surface area contributed by atoms with E-state index in [1.54, 1.807) is 13.8 Å². The van der Waals surface area contributed by atoms with Crippen molar-refractivity contribution in [2.75, 3.05) is 0 Å². The summed E-state index contributed by atoms with van der Waals surface area (Å²) in [6.45, 7) is 4.44. The molecule has 0 saturated carbocycles. The number of nitrogens with one attached hydrogen (secondary N) is 3. The third-order valence-corrected chi connectivity index (χ3v) is 3.69. The molecule has 0 aromatic carbocycles. The standard InChI is InChI=1S/C16H27N5O8/c1-6(2)12(15(27)20-9(16(28)29)5-11(23)24)21-14(26)8(4-10(18)22)19-13(25)7(3)17/h6-9,12H,4-5,17H2,1-3H3,(H2,18,22)(H,19,25)(H,20,27)(H,21,26)(H,23,24)(H,28,29). The lowest BCUT2D eigenvalue weighted by Crippen LogP contribution is -2.59. The highest BCUT2D eigenvalue weighted by Crippen LogP contribution is 2.05. The van der Waals surface area contributed by atoms with E-state index >= 15 is 0 Å². The summed E-state index contributed by atoms with van der Waals surface area (Å²) in [6.07, 6.45) is -1.43. The molecule has 0 saturated heterocycles. The lowest BCUT2D eigenvalue weighted by Gasteiger charge is -2.26. The highest BCUT2D eigenvalue weighted by molar-refractivity contribution is 5.96. The highest BCUT2D eigenvalue weighted by Gasteiger charge is 2.32. The second-order valence-corrected chi connectivity index (χ2v) is 6.75. The molecule has 0 fully saturated rings. The summed E-state index contributed by atoms with van der Waals surface area (Å²) >= 11 is 0. The molecule has 9 N–H and O–H groups in total. The van der Waals surface area contributed by atoms with Gasteiger partial charge in [0.25, 0.3) is 0 Å². The topological polar surface area (TPSA) is 231 Å². The third-order valence-electron chi connectivity index (χ3n) is 3.69. The van der Waals surface area contributed by atoms with E-state index in [1.807, 2.05) is 5.32 Å². The van der Waals surface area contributed by atoms with Crippen LogP contribution < -0.4 is 27.4 Å². The van der Waals surface area contributed by atoms with Gasteiger partial charge in [0, 0.05) is 0 Å². The lowest BCUT2D eigenvalue weighted by atomic mass is 10.0. The van der Waals surface area contributed by atoms with Crippen LogP contribution in [0.4, 0.5) is 0 Å². The van der Waals surface area contributed by atoms with Crippen LogP contribution >= 0.6 is 0 Å². The maximum absolute atomic E-state index is 12.5. The molecular weight excluding hydrogens is 390 g/mol. The summed E-state index contributed by atoms with van der Waals surface area (Å²) in [6, 6.07) is -5.37. The normalized spacial score (nSPS) is 14.8. The van der Waals surface area contributed by atoms with Gasteiger partial charge in [-0.3, -0.25) is 24.0 Å². The Morgan fingerprint density at radius 2 is 1.31 bits per heavy atom. The summed E-state index contributed by atoms with van der Waals surface area (Å²) in [5, 5.41) is 24.4. The predicted octanol–water partition coefficient (Wildman–Crippen LogP) is -3.12. The molecule has 0 aliphatic rings.